The first kappa shape index (κ1) is 15.2. The minimum absolute atomic E-state index is 0.411. The average molecular weight is 298 g/mol. The van der Waals surface area contributed by atoms with Gasteiger partial charge in [-0.2, -0.15) is 11.8 Å². The third-order valence-corrected chi connectivity index (χ3v) is 5.90. The van der Waals surface area contributed by atoms with Crippen LogP contribution in [0.5, 0.6) is 0 Å². The Morgan fingerprint density at radius 1 is 1.37 bits per heavy atom. The van der Waals surface area contributed by atoms with Gasteiger partial charge in [0.2, 0.25) is 0 Å². The Hall–Kier alpha value is -0.180. The lowest BCUT2D eigenvalue weighted by Crippen LogP contribution is -2.43. The molecule has 0 aromatic heterocycles. The average Bonchev–Trinajstić information content (AvgIpc) is 2.65. The molecule has 2 atom stereocenters. The second-order valence-electron chi connectivity index (χ2n) is 6.00. The number of halogens is 1. The molecule has 0 radical (unpaired) electrons. The van der Waals surface area contributed by atoms with Gasteiger partial charge in [0.1, 0.15) is 0 Å². The molecule has 1 aliphatic carbocycles. The van der Waals surface area contributed by atoms with E-state index in [4.69, 9.17) is 11.6 Å². The van der Waals surface area contributed by atoms with E-state index in [1.54, 1.807) is 0 Å². The SMILES string of the molecule is CCNC1C(SCc2ccccc2Cl)CCC1(C)C. The highest BCUT2D eigenvalue weighted by Crippen LogP contribution is 2.44. The molecule has 2 unspecified atom stereocenters. The van der Waals surface area contributed by atoms with E-state index in [1.165, 1.54) is 18.4 Å². The molecule has 1 N–H and O–H groups in total. The van der Waals surface area contributed by atoms with Gasteiger partial charge in [0.05, 0.1) is 0 Å². The summed E-state index contributed by atoms with van der Waals surface area (Å²) in [4.78, 5) is 0. The first-order chi connectivity index (χ1) is 9.04. The standard InChI is InChI=1S/C16H24ClNS/c1-4-18-15-14(9-10-16(15,2)3)19-11-12-7-5-6-8-13(12)17/h5-8,14-15,18H,4,9-11H2,1-3H3. The van der Waals surface area contributed by atoms with Crippen LogP contribution in [0.4, 0.5) is 0 Å². The van der Waals surface area contributed by atoms with Crippen LogP contribution in [0.3, 0.4) is 0 Å². The largest absolute Gasteiger partial charge is 0.313 e. The van der Waals surface area contributed by atoms with E-state index in [9.17, 15) is 0 Å². The summed E-state index contributed by atoms with van der Waals surface area (Å²) in [7, 11) is 0. The monoisotopic (exact) mass is 297 g/mol. The van der Waals surface area contributed by atoms with Crippen molar-refractivity contribution in [3.8, 4) is 0 Å². The summed E-state index contributed by atoms with van der Waals surface area (Å²) < 4.78 is 0. The summed E-state index contributed by atoms with van der Waals surface area (Å²) in [5, 5.41) is 5.28. The fourth-order valence-electron chi connectivity index (χ4n) is 2.96. The quantitative estimate of drug-likeness (QED) is 0.842. The Morgan fingerprint density at radius 3 is 2.79 bits per heavy atom. The molecule has 2 rings (SSSR count). The molecule has 0 bridgehead atoms. The number of nitrogens with one attached hydrogen (secondary N) is 1. The van der Waals surface area contributed by atoms with Gasteiger partial charge in [0, 0.05) is 22.1 Å². The fraction of sp³-hybridized carbons (Fsp3) is 0.625. The molecule has 1 aliphatic rings. The van der Waals surface area contributed by atoms with Gasteiger partial charge < -0.3 is 5.32 Å². The molecule has 1 saturated carbocycles. The van der Waals surface area contributed by atoms with E-state index in [1.807, 2.05) is 12.1 Å². The summed E-state index contributed by atoms with van der Waals surface area (Å²) in [6, 6.07) is 8.80. The zero-order valence-electron chi connectivity index (χ0n) is 12.1. The number of hydrogen-bond acceptors (Lipinski definition) is 2. The highest BCUT2D eigenvalue weighted by Gasteiger charge is 2.41. The van der Waals surface area contributed by atoms with Gasteiger partial charge in [0.25, 0.3) is 0 Å². The van der Waals surface area contributed by atoms with E-state index in [0.29, 0.717) is 16.7 Å². The highest BCUT2D eigenvalue weighted by molar-refractivity contribution is 7.99. The van der Waals surface area contributed by atoms with Gasteiger partial charge in [-0.05, 0) is 36.4 Å². The molecule has 1 fully saturated rings. The zero-order valence-corrected chi connectivity index (χ0v) is 13.7. The van der Waals surface area contributed by atoms with Crippen molar-refractivity contribution in [1.29, 1.82) is 0 Å². The topological polar surface area (TPSA) is 12.0 Å². The maximum absolute atomic E-state index is 6.23. The van der Waals surface area contributed by atoms with Crippen molar-refractivity contribution in [2.75, 3.05) is 6.54 Å². The van der Waals surface area contributed by atoms with Crippen LogP contribution in [0.15, 0.2) is 24.3 Å². The second-order valence-corrected chi connectivity index (χ2v) is 7.64. The normalized spacial score (nSPS) is 25.7. The van der Waals surface area contributed by atoms with Crippen LogP contribution in [0, 0.1) is 5.41 Å². The molecule has 3 heteroatoms. The summed E-state index contributed by atoms with van der Waals surface area (Å²) in [6.07, 6.45) is 2.62. The fourth-order valence-corrected chi connectivity index (χ4v) is 4.83. The van der Waals surface area contributed by atoms with Crippen LogP contribution in [0.1, 0.15) is 39.2 Å². The molecule has 1 aromatic carbocycles. The van der Waals surface area contributed by atoms with Crippen LogP contribution >= 0.6 is 23.4 Å². The van der Waals surface area contributed by atoms with Crippen molar-refractivity contribution in [3.05, 3.63) is 34.9 Å². The number of benzene rings is 1. The molecule has 106 valence electrons. The molecular weight excluding hydrogens is 274 g/mol. The van der Waals surface area contributed by atoms with Crippen LogP contribution in [-0.2, 0) is 5.75 Å². The maximum atomic E-state index is 6.23. The smallest absolute Gasteiger partial charge is 0.0446 e. The van der Waals surface area contributed by atoms with Crippen LogP contribution in [0.2, 0.25) is 5.02 Å². The van der Waals surface area contributed by atoms with Crippen LogP contribution < -0.4 is 5.32 Å². The molecule has 1 aromatic rings. The Kier molecular flexibility index (Phi) is 5.22. The number of rotatable bonds is 5. The van der Waals surface area contributed by atoms with Gasteiger partial charge in [-0.25, -0.2) is 0 Å². The molecule has 1 nitrogen and oxygen atoms in total. The summed E-state index contributed by atoms with van der Waals surface area (Å²) >= 11 is 8.29. The van der Waals surface area contributed by atoms with Gasteiger partial charge >= 0.3 is 0 Å². The molecule has 0 heterocycles. The Morgan fingerprint density at radius 2 is 2.11 bits per heavy atom. The lowest BCUT2D eigenvalue weighted by Gasteiger charge is -2.31. The molecule has 0 aliphatic heterocycles. The van der Waals surface area contributed by atoms with E-state index in [-0.39, 0.29) is 0 Å². The molecule has 0 spiro atoms. The Bertz CT molecular complexity index is 419. The molecule has 19 heavy (non-hydrogen) atoms. The first-order valence-electron chi connectivity index (χ1n) is 7.13. The van der Waals surface area contributed by atoms with Crippen LogP contribution in [0.25, 0.3) is 0 Å². The minimum atomic E-state index is 0.411. The maximum Gasteiger partial charge on any atom is 0.0446 e. The van der Waals surface area contributed by atoms with Crippen LogP contribution in [-0.4, -0.2) is 17.8 Å². The predicted octanol–water partition coefficient (Wildman–Crippen LogP) is 4.74. The summed E-state index contributed by atoms with van der Waals surface area (Å²) in [6.45, 7) is 8.02. The van der Waals surface area contributed by atoms with Gasteiger partial charge in [-0.3, -0.25) is 0 Å². The van der Waals surface area contributed by atoms with E-state index in [2.05, 4.69) is 50.0 Å². The lowest BCUT2D eigenvalue weighted by molar-refractivity contribution is 0.290. The molecule has 0 amide bonds. The lowest BCUT2D eigenvalue weighted by atomic mass is 9.87. The second kappa shape index (κ2) is 6.51. The Balaban J connectivity index is 1.97. The Labute approximate surface area is 126 Å². The van der Waals surface area contributed by atoms with Crippen molar-refractivity contribution in [1.82, 2.24) is 5.32 Å². The summed E-state index contributed by atoms with van der Waals surface area (Å²) in [5.41, 5.74) is 1.67. The van der Waals surface area contributed by atoms with E-state index >= 15 is 0 Å². The van der Waals surface area contributed by atoms with Crippen molar-refractivity contribution < 1.29 is 0 Å². The predicted molar refractivity (Wildman–Crippen MR) is 87.0 cm³/mol. The minimum Gasteiger partial charge on any atom is -0.313 e. The van der Waals surface area contributed by atoms with Crippen molar-refractivity contribution >= 4 is 23.4 Å². The van der Waals surface area contributed by atoms with Gasteiger partial charge in [-0.15, -0.1) is 0 Å². The third-order valence-electron chi connectivity index (χ3n) is 4.12. The number of thioether (sulfide) groups is 1. The number of hydrogen-bond donors (Lipinski definition) is 1. The molecule has 0 saturated heterocycles. The van der Waals surface area contributed by atoms with E-state index in [0.717, 1.165) is 17.3 Å². The third kappa shape index (κ3) is 3.68. The van der Waals surface area contributed by atoms with Crippen molar-refractivity contribution in [2.45, 2.75) is 50.7 Å². The first-order valence-corrected chi connectivity index (χ1v) is 8.55. The van der Waals surface area contributed by atoms with E-state index < -0.39 is 0 Å². The van der Waals surface area contributed by atoms with Crippen molar-refractivity contribution in [2.24, 2.45) is 5.41 Å². The van der Waals surface area contributed by atoms with Gasteiger partial charge in [-0.1, -0.05) is 50.6 Å². The van der Waals surface area contributed by atoms with Crippen molar-refractivity contribution in [3.63, 3.8) is 0 Å². The highest BCUT2D eigenvalue weighted by atomic mass is 35.5. The summed E-state index contributed by atoms with van der Waals surface area (Å²) in [5.74, 6) is 1.02. The zero-order chi connectivity index (χ0) is 13.9. The molecular formula is C16H24ClNS. The van der Waals surface area contributed by atoms with Gasteiger partial charge in [0.15, 0.2) is 0 Å².